The zero-order chi connectivity index (χ0) is 14.9. The summed E-state index contributed by atoms with van der Waals surface area (Å²) in [5, 5.41) is 0. The number of nitrogens with two attached hydrogens (primary N) is 1. The molecule has 0 unspecified atom stereocenters. The van der Waals surface area contributed by atoms with Crippen LogP contribution in [-0.2, 0) is 4.74 Å². The van der Waals surface area contributed by atoms with E-state index in [0.717, 1.165) is 24.3 Å². The molecule has 116 valence electrons. The van der Waals surface area contributed by atoms with Crippen molar-refractivity contribution in [3.8, 4) is 5.75 Å². The van der Waals surface area contributed by atoms with Crippen molar-refractivity contribution >= 4 is 17.2 Å². The van der Waals surface area contributed by atoms with Gasteiger partial charge in [-0.15, -0.1) is 0 Å². The number of benzene rings is 1. The Hall–Kier alpha value is -1.13. The lowest BCUT2D eigenvalue weighted by molar-refractivity contribution is 0.0364. The van der Waals surface area contributed by atoms with Gasteiger partial charge in [-0.3, -0.25) is 0 Å². The standard InChI is InChI=1S/C17H25NO2S/c18-17(21)14-8-10-16(11-9-14)20-13-5-12-19-15-6-3-1-2-4-7-15/h8-11,15H,1-7,12-13H2,(H2,18,21). The van der Waals surface area contributed by atoms with Gasteiger partial charge in [-0.2, -0.15) is 0 Å². The van der Waals surface area contributed by atoms with Gasteiger partial charge in [0.15, 0.2) is 0 Å². The fraction of sp³-hybridized carbons (Fsp3) is 0.588. The Morgan fingerprint density at radius 1 is 1.05 bits per heavy atom. The largest absolute Gasteiger partial charge is 0.494 e. The lowest BCUT2D eigenvalue weighted by Gasteiger charge is -2.15. The van der Waals surface area contributed by atoms with Crippen LogP contribution < -0.4 is 10.5 Å². The van der Waals surface area contributed by atoms with E-state index < -0.39 is 0 Å². The quantitative estimate of drug-likeness (QED) is 0.472. The van der Waals surface area contributed by atoms with Crippen molar-refractivity contribution in [3.63, 3.8) is 0 Å². The zero-order valence-electron chi connectivity index (χ0n) is 12.6. The van der Waals surface area contributed by atoms with Gasteiger partial charge in [0.25, 0.3) is 0 Å². The van der Waals surface area contributed by atoms with Crippen LogP contribution in [0.2, 0.25) is 0 Å². The van der Waals surface area contributed by atoms with Crippen LogP contribution in [0.4, 0.5) is 0 Å². The first-order valence-corrected chi connectivity index (χ1v) is 8.31. The highest BCUT2D eigenvalue weighted by Crippen LogP contribution is 2.20. The van der Waals surface area contributed by atoms with E-state index in [0.29, 0.717) is 17.7 Å². The minimum Gasteiger partial charge on any atom is -0.494 e. The van der Waals surface area contributed by atoms with E-state index in [9.17, 15) is 0 Å². The summed E-state index contributed by atoms with van der Waals surface area (Å²) in [7, 11) is 0. The SMILES string of the molecule is NC(=S)c1ccc(OCCCOC2CCCCCC2)cc1. The van der Waals surface area contributed by atoms with Crippen LogP contribution in [0.1, 0.15) is 50.5 Å². The first-order valence-electron chi connectivity index (χ1n) is 7.90. The average molecular weight is 307 g/mol. The number of rotatable bonds is 7. The molecule has 0 radical (unpaired) electrons. The summed E-state index contributed by atoms with van der Waals surface area (Å²) in [6.45, 7) is 1.47. The van der Waals surface area contributed by atoms with Gasteiger partial charge in [-0.05, 0) is 37.1 Å². The zero-order valence-corrected chi connectivity index (χ0v) is 13.4. The maximum Gasteiger partial charge on any atom is 0.119 e. The number of hydrogen-bond acceptors (Lipinski definition) is 3. The van der Waals surface area contributed by atoms with Crippen molar-refractivity contribution in [2.75, 3.05) is 13.2 Å². The predicted octanol–water partition coefficient (Wildman–Crippen LogP) is 3.83. The summed E-state index contributed by atoms with van der Waals surface area (Å²) in [6, 6.07) is 7.58. The van der Waals surface area contributed by atoms with Crippen LogP contribution >= 0.6 is 12.2 Å². The summed E-state index contributed by atoms with van der Waals surface area (Å²) >= 11 is 4.92. The number of hydrogen-bond donors (Lipinski definition) is 1. The summed E-state index contributed by atoms with van der Waals surface area (Å²) in [5.74, 6) is 0.851. The van der Waals surface area contributed by atoms with Gasteiger partial charge < -0.3 is 15.2 Å². The normalized spacial score (nSPS) is 16.4. The smallest absolute Gasteiger partial charge is 0.119 e. The van der Waals surface area contributed by atoms with Crippen LogP contribution in [0, 0.1) is 0 Å². The van der Waals surface area contributed by atoms with Gasteiger partial charge in [0.1, 0.15) is 10.7 Å². The molecular weight excluding hydrogens is 282 g/mol. The molecule has 0 atom stereocenters. The van der Waals surface area contributed by atoms with E-state index in [4.69, 9.17) is 27.4 Å². The Morgan fingerprint density at radius 3 is 2.33 bits per heavy atom. The monoisotopic (exact) mass is 307 g/mol. The van der Waals surface area contributed by atoms with E-state index >= 15 is 0 Å². The molecule has 3 nitrogen and oxygen atoms in total. The van der Waals surface area contributed by atoms with Crippen LogP contribution in [0.15, 0.2) is 24.3 Å². The van der Waals surface area contributed by atoms with Gasteiger partial charge >= 0.3 is 0 Å². The Kier molecular flexibility index (Phi) is 6.96. The first-order chi connectivity index (χ1) is 10.3. The van der Waals surface area contributed by atoms with Gasteiger partial charge in [0.05, 0.1) is 19.3 Å². The Balaban J connectivity index is 1.59. The van der Waals surface area contributed by atoms with Crippen molar-refractivity contribution in [2.24, 2.45) is 5.73 Å². The molecule has 0 aromatic heterocycles. The second-order valence-electron chi connectivity index (χ2n) is 5.58. The molecule has 2 rings (SSSR count). The molecule has 0 saturated heterocycles. The fourth-order valence-electron chi connectivity index (χ4n) is 2.62. The molecule has 1 saturated carbocycles. The van der Waals surface area contributed by atoms with Crippen molar-refractivity contribution in [3.05, 3.63) is 29.8 Å². The van der Waals surface area contributed by atoms with E-state index in [1.54, 1.807) is 0 Å². The molecule has 4 heteroatoms. The molecule has 0 spiro atoms. The summed E-state index contributed by atoms with van der Waals surface area (Å²) in [4.78, 5) is 0.415. The minimum absolute atomic E-state index is 0.415. The summed E-state index contributed by atoms with van der Waals surface area (Å²) < 4.78 is 11.6. The molecule has 1 aromatic rings. The van der Waals surface area contributed by atoms with Crippen molar-refractivity contribution in [1.82, 2.24) is 0 Å². The third kappa shape index (κ3) is 6.02. The molecular formula is C17H25NO2S. The molecule has 1 fully saturated rings. The molecule has 0 aliphatic heterocycles. The van der Waals surface area contributed by atoms with Crippen molar-refractivity contribution in [1.29, 1.82) is 0 Å². The lowest BCUT2D eigenvalue weighted by Crippen LogP contribution is -2.14. The fourth-order valence-corrected chi connectivity index (χ4v) is 2.76. The highest BCUT2D eigenvalue weighted by atomic mass is 32.1. The van der Waals surface area contributed by atoms with E-state index in [2.05, 4.69) is 0 Å². The lowest BCUT2D eigenvalue weighted by atomic mass is 10.1. The number of thiocarbonyl (C=S) groups is 1. The highest BCUT2D eigenvalue weighted by Gasteiger charge is 2.11. The third-order valence-electron chi connectivity index (χ3n) is 3.85. The molecule has 2 N–H and O–H groups in total. The minimum atomic E-state index is 0.415. The summed E-state index contributed by atoms with van der Waals surface area (Å²) in [5.41, 5.74) is 6.43. The van der Waals surface area contributed by atoms with Gasteiger partial charge in [0, 0.05) is 12.0 Å². The van der Waals surface area contributed by atoms with E-state index in [1.807, 2.05) is 24.3 Å². The van der Waals surface area contributed by atoms with Crippen LogP contribution in [0.5, 0.6) is 5.75 Å². The Labute approximate surface area is 132 Å². The molecule has 1 aliphatic rings. The molecule has 0 bridgehead atoms. The molecule has 1 aliphatic carbocycles. The van der Waals surface area contributed by atoms with E-state index in [-0.39, 0.29) is 0 Å². The molecule has 0 amide bonds. The highest BCUT2D eigenvalue weighted by molar-refractivity contribution is 7.80. The Morgan fingerprint density at radius 2 is 1.71 bits per heavy atom. The number of ether oxygens (including phenoxy) is 2. The topological polar surface area (TPSA) is 44.5 Å². The van der Waals surface area contributed by atoms with Gasteiger partial charge in [-0.1, -0.05) is 37.9 Å². The second kappa shape index (κ2) is 9.00. The first kappa shape index (κ1) is 16.2. The van der Waals surface area contributed by atoms with Crippen LogP contribution in [0.25, 0.3) is 0 Å². The maximum absolute atomic E-state index is 5.94. The predicted molar refractivity (Wildman–Crippen MR) is 89.9 cm³/mol. The van der Waals surface area contributed by atoms with Gasteiger partial charge in [-0.25, -0.2) is 0 Å². The third-order valence-corrected chi connectivity index (χ3v) is 4.09. The molecule has 21 heavy (non-hydrogen) atoms. The maximum atomic E-state index is 5.94. The summed E-state index contributed by atoms with van der Waals surface area (Å²) in [6.07, 6.45) is 9.21. The van der Waals surface area contributed by atoms with Crippen LogP contribution in [0.3, 0.4) is 0 Å². The Bertz CT molecular complexity index is 425. The second-order valence-corrected chi connectivity index (χ2v) is 6.01. The molecule has 1 aromatic carbocycles. The van der Waals surface area contributed by atoms with Crippen molar-refractivity contribution in [2.45, 2.75) is 51.0 Å². The van der Waals surface area contributed by atoms with Gasteiger partial charge in [0.2, 0.25) is 0 Å². The average Bonchev–Trinajstić information content (AvgIpc) is 2.76. The van der Waals surface area contributed by atoms with Crippen LogP contribution in [-0.4, -0.2) is 24.3 Å². The molecule has 0 heterocycles. The van der Waals surface area contributed by atoms with Crippen molar-refractivity contribution < 1.29 is 9.47 Å². The van der Waals surface area contributed by atoms with E-state index in [1.165, 1.54) is 38.5 Å².